The molecule has 18 atom stereocenters. The number of cyclic esters (lactones) is 1. The van der Waals surface area contributed by atoms with Crippen molar-refractivity contribution in [2.24, 2.45) is 34.5 Å². The van der Waals surface area contributed by atoms with Crippen molar-refractivity contribution in [3.63, 3.8) is 0 Å². The third-order valence-electron chi connectivity index (χ3n) is 14.0. The molecule has 3 aliphatic heterocycles. The lowest BCUT2D eigenvalue weighted by Crippen LogP contribution is -2.67. The first kappa shape index (κ1) is 36.1. The van der Waals surface area contributed by atoms with E-state index in [-0.39, 0.29) is 55.4 Å². The van der Waals surface area contributed by atoms with Gasteiger partial charge in [0.15, 0.2) is 12.6 Å². The third kappa shape index (κ3) is 5.73. The maximum atomic E-state index is 12.5. The molecule has 49 heavy (non-hydrogen) atoms. The fraction of sp³-hybridized carbons (Fsp3) is 0.914. The van der Waals surface area contributed by atoms with Crippen molar-refractivity contribution in [1.29, 1.82) is 0 Å². The summed E-state index contributed by atoms with van der Waals surface area (Å²) in [7, 11) is 0. The SMILES string of the molecule is C[C@H]1O[C@@H](O[C@H]2CC[C@@]3(CO)C(CCC4C3[C@H](O)C[C@]3(C)[C@@H](C5=CC(=O)OC5)CC[C@]43O)C2)C[C@H](O)[C@@H]1O[C@@H]1O[C@H](CO)[C@@H](O)[C@H](O)[C@H]1O. The van der Waals surface area contributed by atoms with Gasteiger partial charge >= 0.3 is 5.97 Å². The van der Waals surface area contributed by atoms with Crippen LogP contribution in [0.15, 0.2) is 11.6 Å². The molecule has 278 valence electrons. The van der Waals surface area contributed by atoms with Crippen LogP contribution in [0.2, 0.25) is 0 Å². The minimum absolute atomic E-state index is 0.0501. The van der Waals surface area contributed by atoms with Crippen LogP contribution < -0.4 is 0 Å². The first-order valence-electron chi connectivity index (χ1n) is 18.1. The zero-order valence-electron chi connectivity index (χ0n) is 28.3. The molecule has 0 amide bonds. The van der Waals surface area contributed by atoms with Gasteiger partial charge in [0.1, 0.15) is 37.1 Å². The summed E-state index contributed by atoms with van der Waals surface area (Å²) < 4.78 is 29.0. The van der Waals surface area contributed by atoms with Crippen LogP contribution in [0.5, 0.6) is 0 Å². The van der Waals surface area contributed by atoms with Gasteiger partial charge in [0.25, 0.3) is 0 Å². The van der Waals surface area contributed by atoms with Gasteiger partial charge < -0.3 is 64.5 Å². The zero-order valence-corrected chi connectivity index (χ0v) is 28.3. The topological polar surface area (TPSA) is 225 Å². The summed E-state index contributed by atoms with van der Waals surface area (Å²) >= 11 is 0. The first-order valence-corrected chi connectivity index (χ1v) is 18.1. The fourth-order valence-electron chi connectivity index (χ4n) is 11.5. The average molecular weight is 699 g/mol. The highest BCUT2D eigenvalue weighted by Gasteiger charge is 2.71. The molecular weight excluding hydrogens is 644 g/mol. The van der Waals surface area contributed by atoms with Crippen molar-refractivity contribution in [3.8, 4) is 0 Å². The summed E-state index contributed by atoms with van der Waals surface area (Å²) in [6, 6.07) is 0. The Labute approximate surface area is 285 Å². The molecule has 14 nitrogen and oxygen atoms in total. The number of fused-ring (bicyclic) bond motifs is 5. The molecule has 0 bridgehead atoms. The van der Waals surface area contributed by atoms with Crippen molar-refractivity contribution >= 4 is 5.97 Å². The quantitative estimate of drug-likeness (QED) is 0.121. The third-order valence-corrected chi connectivity index (χ3v) is 14.0. The summed E-state index contributed by atoms with van der Waals surface area (Å²) in [5.41, 5.74) is -1.33. The lowest BCUT2D eigenvalue weighted by molar-refractivity contribution is -0.344. The number of hydrogen-bond donors (Lipinski definition) is 8. The van der Waals surface area contributed by atoms with E-state index in [9.17, 15) is 45.6 Å². The second-order valence-corrected chi connectivity index (χ2v) is 16.2. The molecule has 7 rings (SSSR count). The van der Waals surface area contributed by atoms with E-state index in [2.05, 4.69) is 6.92 Å². The van der Waals surface area contributed by atoms with Gasteiger partial charge in [0, 0.05) is 29.9 Å². The summed E-state index contributed by atoms with van der Waals surface area (Å²) in [5.74, 6) is -0.830. The smallest absolute Gasteiger partial charge is 0.331 e. The lowest BCUT2D eigenvalue weighted by Gasteiger charge is -2.65. The molecule has 8 N–H and O–H groups in total. The number of carbonyl (C=O) groups is 1. The Balaban J connectivity index is 0.995. The summed E-state index contributed by atoms with van der Waals surface area (Å²) in [4.78, 5) is 11.9. The Hall–Kier alpha value is -1.27. The van der Waals surface area contributed by atoms with Crippen molar-refractivity contribution in [2.75, 3.05) is 19.8 Å². The monoisotopic (exact) mass is 698 g/mol. The van der Waals surface area contributed by atoms with Crippen LogP contribution in [-0.4, -0.2) is 140 Å². The Bertz CT molecular complexity index is 1250. The summed E-state index contributed by atoms with van der Waals surface area (Å²) in [6.07, 6.45) is -5.05. The number of hydrogen-bond acceptors (Lipinski definition) is 14. The minimum Gasteiger partial charge on any atom is -0.458 e. The van der Waals surface area contributed by atoms with Gasteiger partial charge in [-0.3, -0.25) is 0 Å². The normalized spacial score (nSPS) is 54.4. The van der Waals surface area contributed by atoms with Crippen LogP contribution in [0.4, 0.5) is 0 Å². The molecule has 14 heteroatoms. The van der Waals surface area contributed by atoms with E-state index in [4.69, 9.17) is 23.7 Å². The van der Waals surface area contributed by atoms with E-state index in [0.717, 1.165) is 18.4 Å². The largest absolute Gasteiger partial charge is 0.458 e. The number of ether oxygens (including phenoxy) is 5. The fourth-order valence-corrected chi connectivity index (χ4v) is 11.5. The molecule has 2 saturated heterocycles. The highest BCUT2D eigenvalue weighted by atomic mass is 16.7. The standard InChI is InChI=1S/C35H54O14/c1-16-31(49-32-30(43)29(42)28(41)24(13-36)48-32)22(38)11-26(46-16)47-19-5-7-34(15-37)18(10-19)3-4-21-27(34)23(39)12-33(2)20(6-8-35(21,33)44)17-9-25(40)45-14-17/h9,16,18-24,26-32,36-39,41-44H,3-8,10-15H2,1-2H3/t16-,18?,19+,20-,21?,22+,23-,24-,26+,27?,28-,29+,30-,31-,32+,33-,34-,35+/m1/s1. The molecule has 7 aliphatic rings. The van der Waals surface area contributed by atoms with Crippen LogP contribution in [0.25, 0.3) is 0 Å². The Kier molecular flexibility index (Phi) is 9.80. The predicted molar refractivity (Wildman–Crippen MR) is 167 cm³/mol. The van der Waals surface area contributed by atoms with E-state index >= 15 is 0 Å². The molecule has 6 fully saturated rings. The summed E-state index contributed by atoms with van der Waals surface area (Å²) in [5, 5.41) is 86.6. The van der Waals surface area contributed by atoms with E-state index in [1.54, 1.807) is 13.0 Å². The van der Waals surface area contributed by atoms with Crippen molar-refractivity contribution in [2.45, 2.75) is 145 Å². The van der Waals surface area contributed by atoms with Gasteiger partial charge in [-0.25, -0.2) is 4.79 Å². The Morgan fingerprint density at radius 1 is 0.918 bits per heavy atom. The van der Waals surface area contributed by atoms with Gasteiger partial charge in [0.2, 0.25) is 0 Å². The van der Waals surface area contributed by atoms with Crippen molar-refractivity contribution < 1.29 is 69.3 Å². The highest BCUT2D eigenvalue weighted by molar-refractivity contribution is 5.85. The maximum absolute atomic E-state index is 12.5. The van der Waals surface area contributed by atoms with Crippen LogP contribution >= 0.6 is 0 Å². The van der Waals surface area contributed by atoms with E-state index in [1.807, 2.05) is 0 Å². The van der Waals surface area contributed by atoms with E-state index < -0.39 is 84.4 Å². The van der Waals surface area contributed by atoms with Crippen LogP contribution in [0.3, 0.4) is 0 Å². The van der Waals surface area contributed by atoms with E-state index in [1.165, 1.54) is 0 Å². The molecule has 4 aliphatic carbocycles. The number of aliphatic hydroxyl groups is 8. The summed E-state index contributed by atoms with van der Waals surface area (Å²) in [6.45, 7) is 3.28. The van der Waals surface area contributed by atoms with Crippen LogP contribution in [0.1, 0.15) is 71.6 Å². The predicted octanol–water partition coefficient (Wildman–Crippen LogP) is -0.747. The number of carbonyl (C=O) groups excluding carboxylic acids is 1. The van der Waals surface area contributed by atoms with Crippen molar-refractivity contribution in [1.82, 2.24) is 0 Å². The van der Waals surface area contributed by atoms with Gasteiger partial charge in [-0.15, -0.1) is 0 Å². The van der Waals surface area contributed by atoms with Crippen molar-refractivity contribution in [3.05, 3.63) is 11.6 Å². The van der Waals surface area contributed by atoms with E-state index in [0.29, 0.717) is 38.5 Å². The second kappa shape index (κ2) is 13.3. The molecular formula is C35H54O14. The molecule has 4 saturated carbocycles. The zero-order chi connectivity index (χ0) is 35.0. The number of aliphatic hydroxyl groups excluding tert-OH is 7. The second-order valence-electron chi connectivity index (χ2n) is 16.2. The molecule has 0 radical (unpaired) electrons. The molecule has 0 aromatic carbocycles. The molecule has 3 heterocycles. The Morgan fingerprint density at radius 3 is 2.37 bits per heavy atom. The number of rotatable bonds is 7. The van der Waals surface area contributed by atoms with Crippen LogP contribution in [-0.2, 0) is 28.5 Å². The molecule has 0 aromatic rings. The average Bonchev–Trinajstić information content (AvgIpc) is 3.61. The Morgan fingerprint density at radius 2 is 1.69 bits per heavy atom. The van der Waals surface area contributed by atoms with Gasteiger partial charge in [-0.05, 0) is 87.5 Å². The maximum Gasteiger partial charge on any atom is 0.331 e. The molecule has 0 spiro atoms. The minimum atomic E-state index is -1.61. The highest BCUT2D eigenvalue weighted by Crippen LogP contribution is 2.70. The number of esters is 1. The van der Waals surface area contributed by atoms with Gasteiger partial charge in [0.05, 0.1) is 36.6 Å². The lowest BCUT2D eigenvalue weighted by atomic mass is 9.42. The van der Waals surface area contributed by atoms with Gasteiger partial charge in [-0.2, -0.15) is 0 Å². The van der Waals surface area contributed by atoms with Gasteiger partial charge in [-0.1, -0.05) is 6.92 Å². The molecule has 0 aromatic heterocycles. The van der Waals surface area contributed by atoms with Crippen LogP contribution in [0, 0.1) is 34.5 Å². The first-order chi connectivity index (χ1) is 23.3. The molecule has 3 unspecified atom stereocenters.